The number of hydrogen-bond donors (Lipinski definition) is 8. The number of nitrogens with two attached hydrogens (primary N) is 1. The summed E-state index contributed by atoms with van der Waals surface area (Å²) in [4.78, 5) is 62.0. The molecule has 0 aliphatic heterocycles. The van der Waals surface area contributed by atoms with Crippen LogP contribution in [0.25, 0.3) is 10.9 Å². The predicted molar refractivity (Wildman–Crippen MR) is 118 cm³/mol. The number of nitrogens with one attached hydrogen (secondary N) is 4. The van der Waals surface area contributed by atoms with Crippen LogP contribution in [0.15, 0.2) is 30.5 Å². The highest BCUT2D eigenvalue weighted by molar-refractivity contribution is 5.94. The summed E-state index contributed by atoms with van der Waals surface area (Å²) in [6, 6.07) is 3.36. The zero-order valence-corrected chi connectivity index (χ0v) is 18.1. The standard InChI is InChI=1S/C21H27N5O8/c22-13(5-6-17(28)29)19(32)25-15(7-11-8-23-14-4-2-1-3-12(11)14)21(34)26-16(10-27)20(33)24-9-18(30)31/h1-4,8,13,15-16,23,27H,5-7,9-10,22H2,(H,24,33)(H,25,32)(H,26,34)(H,28,29)(H,30,31). The van der Waals surface area contributed by atoms with Crippen molar-refractivity contribution in [1.82, 2.24) is 20.9 Å². The second-order valence-electron chi connectivity index (χ2n) is 7.52. The summed E-state index contributed by atoms with van der Waals surface area (Å²) in [6.45, 7) is -1.53. The molecular weight excluding hydrogens is 450 g/mol. The number of aromatic amines is 1. The van der Waals surface area contributed by atoms with Crippen LogP contribution in [-0.4, -0.2) is 81.2 Å². The Hall–Kier alpha value is -3.97. The summed E-state index contributed by atoms with van der Waals surface area (Å²) in [7, 11) is 0. The number of carbonyl (C=O) groups is 5. The third-order valence-electron chi connectivity index (χ3n) is 4.97. The Balaban J connectivity index is 2.20. The molecule has 2 rings (SSSR count). The van der Waals surface area contributed by atoms with Crippen molar-refractivity contribution in [3.05, 3.63) is 36.0 Å². The van der Waals surface area contributed by atoms with Gasteiger partial charge in [-0.05, 0) is 18.1 Å². The number of carboxylic acids is 2. The molecule has 0 spiro atoms. The summed E-state index contributed by atoms with van der Waals surface area (Å²) >= 11 is 0. The van der Waals surface area contributed by atoms with E-state index in [4.69, 9.17) is 15.9 Å². The lowest BCUT2D eigenvalue weighted by Gasteiger charge is -2.23. The number of amides is 3. The summed E-state index contributed by atoms with van der Waals surface area (Å²) in [5.74, 6) is -4.95. The van der Waals surface area contributed by atoms with Crippen molar-refractivity contribution in [2.24, 2.45) is 5.73 Å². The molecule has 1 aromatic heterocycles. The molecule has 9 N–H and O–H groups in total. The Morgan fingerprint density at radius 1 is 0.941 bits per heavy atom. The van der Waals surface area contributed by atoms with E-state index in [-0.39, 0.29) is 19.3 Å². The van der Waals surface area contributed by atoms with Gasteiger partial charge in [-0.1, -0.05) is 18.2 Å². The van der Waals surface area contributed by atoms with E-state index < -0.39 is 60.9 Å². The van der Waals surface area contributed by atoms with E-state index in [1.54, 1.807) is 12.3 Å². The Morgan fingerprint density at radius 2 is 1.62 bits per heavy atom. The predicted octanol–water partition coefficient (Wildman–Crippen LogP) is -1.93. The van der Waals surface area contributed by atoms with Gasteiger partial charge in [-0.2, -0.15) is 0 Å². The molecule has 34 heavy (non-hydrogen) atoms. The Bertz CT molecular complexity index is 1050. The molecule has 0 aliphatic carbocycles. The van der Waals surface area contributed by atoms with Crippen LogP contribution < -0.4 is 21.7 Å². The molecule has 13 heteroatoms. The Morgan fingerprint density at radius 3 is 2.26 bits per heavy atom. The van der Waals surface area contributed by atoms with Crippen LogP contribution in [0.1, 0.15) is 18.4 Å². The van der Waals surface area contributed by atoms with Gasteiger partial charge >= 0.3 is 11.9 Å². The molecule has 1 heterocycles. The number of para-hydroxylation sites is 1. The molecule has 0 saturated heterocycles. The number of aliphatic hydroxyl groups is 1. The van der Waals surface area contributed by atoms with E-state index in [2.05, 4.69) is 20.9 Å². The van der Waals surface area contributed by atoms with Gasteiger partial charge in [0.2, 0.25) is 17.7 Å². The number of benzene rings is 1. The van der Waals surface area contributed by atoms with Gasteiger partial charge in [0, 0.05) is 29.9 Å². The first kappa shape index (κ1) is 26.3. The molecule has 1 aromatic carbocycles. The zero-order chi connectivity index (χ0) is 25.3. The number of aliphatic carboxylic acids is 2. The summed E-state index contributed by atoms with van der Waals surface area (Å²) in [6.07, 6.45) is 1.15. The minimum Gasteiger partial charge on any atom is -0.481 e. The maximum atomic E-state index is 13.0. The van der Waals surface area contributed by atoms with Crippen molar-refractivity contribution in [3.63, 3.8) is 0 Å². The van der Waals surface area contributed by atoms with E-state index in [1.165, 1.54) is 0 Å². The van der Waals surface area contributed by atoms with Crippen LogP contribution in [0.3, 0.4) is 0 Å². The number of hydrogen-bond acceptors (Lipinski definition) is 7. The number of fused-ring (bicyclic) bond motifs is 1. The third-order valence-corrected chi connectivity index (χ3v) is 4.97. The summed E-state index contributed by atoms with van der Waals surface area (Å²) in [5.41, 5.74) is 7.21. The molecule has 0 fully saturated rings. The molecule has 3 amide bonds. The van der Waals surface area contributed by atoms with Gasteiger partial charge in [0.05, 0.1) is 12.6 Å². The smallest absolute Gasteiger partial charge is 0.322 e. The lowest BCUT2D eigenvalue weighted by Crippen LogP contribution is -2.57. The number of H-pyrrole nitrogens is 1. The van der Waals surface area contributed by atoms with E-state index in [0.29, 0.717) is 5.56 Å². The number of aliphatic hydroxyl groups excluding tert-OH is 1. The molecule has 184 valence electrons. The average molecular weight is 477 g/mol. The first-order chi connectivity index (χ1) is 16.1. The molecule has 3 unspecified atom stereocenters. The highest BCUT2D eigenvalue weighted by Crippen LogP contribution is 2.19. The van der Waals surface area contributed by atoms with E-state index in [1.807, 2.05) is 18.2 Å². The largest absolute Gasteiger partial charge is 0.481 e. The third kappa shape index (κ3) is 7.56. The first-order valence-electron chi connectivity index (χ1n) is 10.4. The summed E-state index contributed by atoms with van der Waals surface area (Å²) in [5, 5.41) is 34.6. The fourth-order valence-corrected chi connectivity index (χ4v) is 3.17. The monoisotopic (exact) mass is 477 g/mol. The molecule has 3 atom stereocenters. The average Bonchev–Trinajstić information content (AvgIpc) is 3.21. The van der Waals surface area contributed by atoms with Gasteiger partial charge in [0.1, 0.15) is 18.6 Å². The Labute approximate surface area is 193 Å². The summed E-state index contributed by atoms with van der Waals surface area (Å²) < 4.78 is 0. The number of carboxylic acid groups (broad SMARTS) is 2. The second kappa shape index (κ2) is 12.3. The van der Waals surface area contributed by atoms with Crippen LogP contribution in [-0.2, 0) is 30.4 Å². The topological polar surface area (TPSA) is 224 Å². The molecule has 13 nitrogen and oxygen atoms in total. The van der Waals surface area contributed by atoms with Crippen molar-refractivity contribution in [3.8, 4) is 0 Å². The Kier molecular flexibility index (Phi) is 9.52. The van der Waals surface area contributed by atoms with Gasteiger partial charge in [0.25, 0.3) is 0 Å². The maximum absolute atomic E-state index is 13.0. The van der Waals surface area contributed by atoms with Gasteiger partial charge in [0.15, 0.2) is 0 Å². The van der Waals surface area contributed by atoms with E-state index in [9.17, 15) is 29.1 Å². The van der Waals surface area contributed by atoms with Crippen molar-refractivity contribution in [2.45, 2.75) is 37.4 Å². The van der Waals surface area contributed by atoms with Crippen LogP contribution in [0, 0.1) is 0 Å². The van der Waals surface area contributed by atoms with Crippen LogP contribution >= 0.6 is 0 Å². The first-order valence-corrected chi connectivity index (χ1v) is 10.4. The fraction of sp³-hybridized carbons (Fsp3) is 0.381. The molecule has 2 aromatic rings. The minimum absolute atomic E-state index is 0.0118. The SMILES string of the molecule is NC(CCC(=O)O)C(=O)NC(Cc1c[nH]c2ccccc12)C(=O)NC(CO)C(=O)NCC(=O)O. The lowest BCUT2D eigenvalue weighted by atomic mass is 10.0. The van der Waals surface area contributed by atoms with Crippen molar-refractivity contribution in [2.75, 3.05) is 13.2 Å². The van der Waals surface area contributed by atoms with Gasteiger partial charge < -0.3 is 42.0 Å². The van der Waals surface area contributed by atoms with Gasteiger partial charge in [-0.25, -0.2) is 0 Å². The van der Waals surface area contributed by atoms with Gasteiger partial charge in [-0.15, -0.1) is 0 Å². The molecular formula is C21H27N5O8. The lowest BCUT2D eigenvalue weighted by molar-refractivity contribution is -0.139. The molecule has 0 radical (unpaired) electrons. The van der Waals surface area contributed by atoms with Crippen LogP contribution in [0.4, 0.5) is 0 Å². The van der Waals surface area contributed by atoms with Crippen LogP contribution in [0.5, 0.6) is 0 Å². The van der Waals surface area contributed by atoms with E-state index in [0.717, 1.165) is 10.9 Å². The highest BCUT2D eigenvalue weighted by atomic mass is 16.4. The van der Waals surface area contributed by atoms with Crippen molar-refractivity contribution >= 4 is 40.6 Å². The molecule has 0 bridgehead atoms. The molecule has 0 aliphatic rings. The number of aromatic nitrogens is 1. The van der Waals surface area contributed by atoms with Crippen molar-refractivity contribution in [1.29, 1.82) is 0 Å². The molecule has 0 saturated carbocycles. The number of carbonyl (C=O) groups excluding carboxylic acids is 3. The van der Waals surface area contributed by atoms with Crippen molar-refractivity contribution < 1.29 is 39.3 Å². The van der Waals surface area contributed by atoms with E-state index >= 15 is 0 Å². The normalized spacial score (nSPS) is 13.5. The highest BCUT2D eigenvalue weighted by Gasteiger charge is 2.29. The minimum atomic E-state index is -1.46. The van der Waals surface area contributed by atoms with Gasteiger partial charge in [-0.3, -0.25) is 24.0 Å². The second-order valence-corrected chi connectivity index (χ2v) is 7.52. The fourth-order valence-electron chi connectivity index (χ4n) is 3.17. The number of rotatable bonds is 13. The van der Waals surface area contributed by atoms with Crippen LogP contribution in [0.2, 0.25) is 0 Å². The quantitative estimate of drug-likeness (QED) is 0.160. The maximum Gasteiger partial charge on any atom is 0.322 e. The zero-order valence-electron chi connectivity index (χ0n) is 18.1.